The van der Waals surface area contributed by atoms with Crippen molar-refractivity contribution in [2.24, 2.45) is 5.41 Å². The van der Waals surface area contributed by atoms with Gasteiger partial charge in [0.15, 0.2) is 0 Å². The van der Waals surface area contributed by atoms with Gasteiger partial charge in [0, 0.05) is 6.42 Å². The lowest BCUT2D eigenvalue weighted by molar-refractivity contribution is 0.0697. The van der Waals surface area contributed by atoms with Gasteiger partial charge in [-0.3, -0.25) is 0 Å². The number of hydrogen-bond acceptors (Lipinski definition) is 3. The Labute approximate surface area is 118 Å². The van der Waals surface area contributed by atoms with Crippen LogP contribution in [0, 0.1) is 5.41 Å². The Bertz CT molecular complexity index is 594. The summed E-state index contributed by atoms with van der Waals surface area (Å²) in [5.41, 5.74) is 2.35. The number of benzene rings is 1. The zero-order valence-electron chi connectivity index (χ0n) is 12.0. The Kier molecular flexibility index (Phi) is 3.88. The van der Waals surface area contributed by atoms with E-state index >= 15 is 0 Å². The fraction of sp³-hybridized carbons (Fsp3) is 0.400. The first-order chi connectivity index (χ1) is 9.33. The second-order valence-electron chi connectivity index (χ2n) is 6.11. The van der Waals surface area contributed by atoms with Crippen LogP contribution >= 0.6 is 0 Å². The summed E-state index contributed by atoms with van der Waals surface area (Å²) >= 11 is 0. The third-order valence-corrected chi connectivity index (χ3v) is 2.79. The second-order valence-corrected chi connectivity index (χ2v) is 6.11. The van der Waals surface area contributed by atoms with Gasteiger partial charge in [-0.05, 0) is 23.1 Å². The molecule has 0 spiro atoms. The molecule has 0 atom stereocenters. The van der Waals surface area contributed by atoms with Gasteiger partial charge in [-0.2, -0.15) is 15.0 Å². The van der Waals surface area contributed by atoms with Gasteiger partial charge in [0.2, 0.25) is 0 Å². The van der Waals surface area contributed by atoms with E-state index in [1.807, 2.05) is 12.1 Å². The molecule has 0 aliphatic heterocycles. The average molecular weight is 273 g/mol. The van der Waals surface area contributed by atoms with E-state index in [1.54, 1.807) is 23.1 Å². The smallest absolute Gasteiger partial charge is 0.335 e. The van der Waals surface area contributed by atoms with Gasteiger partial charge in [0.1, 0.15) is 0 Å². The summed E-state index contributed by atoms with van der Waals surface area (Å²) in [4.78, 5) is 12.5. The van der Waals surface area contributed by atoms with Crippen molar-refractivity contribution in [2.75, 3.05) is 0 Å². The number of rotatable bonds is 4. The quantitative estimate of drug-likeness (QED) is 0.929. The van der Waals surface area contributed by atoms with Gasteiger partial charge in [-0.25, -0.2) is 4.79 Å². The second kappa shape index (κ2) is 5.45. The molecule has 1 aromatic carbocycles. The maximum atomic E-state index is 10.8. The Morgan fingerprint density at radius 3 is 2.45 bits per heavy atom. The maximum Gasteiger partial charge on any atom is 0.335 e. The molecule has 2 aromatic rings. The van der Waals surface area contributed by atoms with Crippen LogP contribution in [0.25, 0.3) is 0 Å². The summed E-state index contributed by atoms with van der Waals surface area (Å²) in [5.74, 6) is -0.910. The first-order valence-electron chi connectivity index (χ1n) is 6.55. The summed E-state index contributed by atoms with van der Waals surface area (Å²) in [6.07, 6.45) is 2.42. The summed E-state index contributed by atoms with van der Waals surface area (Å²) < 4.78 is 0. The molecule has 0 radical (unpaired) electrons. The van der Waals surface area contributed by atoms with E-state index < -0.39 is 5.97 Å². The van der Waals surface area contributed by atoms with Crippen molar-refractivity contribution in [3.05, 3.63) is 47.3 Å². The van der Waals surface area contributed by atoms with Crippen LogP contribution in [0.15, 0.2) is 30.5 Å². The molecule has 0 saturated carbocycles. The molecular weight excluding hydrogens is 254 g/mol. The molecule has 0 fully saturated rings. The molecule has 0 bridgehead atoms. The molecule has 1 N–H and O–H groups in total. The molecule has 106 valence electrons. The average Bonchev–Trinajstić information content (AvgIpc) is 2.74. The van der Waals surface area contributed by atoms with E-state index in [0.29, 0.717) is 12.0 Å². The minimum atomic E-state index is -0.910. The van der Waals surface area contributed by atoms with Gasteiger partial charge >= 0.3 is 5.97 Å². The van der Waals surface area contributed by atoms with Crippen molar-refractivity contribution < 1.29 is 9.90 Å². The van der Waals surface area contributed by atoms with Crippen LogP contribution in [0.2, 0.25) is 0 Å². The molecule has 0 aliphatic rings. The van der Waals surface area contributed by atoms with Crippen LogP contribution in [-0.2, 0) is 13.0 Å². The molecule has 0 saturated heterocycles. The molecule has 5 nitrogen and oxygen atoms in total. The number of carbonyl (C=O) groups is 1. The zero-order valence-corrected chi connectivity index (χ0v) is 12.0. The summed E-state index contributed by atoms with van der Waals surface area (Å²) in [6.45, 7) is 7.19. The van der Waals surface area contributed by atoms with E-state index in [1.165, 1.54) is 0 Å². The number of carboxylic acids is 1. The van der Waals surface area contributed by atoms with E-state index in [-0.39, 0.29) is 5.41 Å². The van der Waals surface area contributed by atoms with Gasteiger partial charge in [-0.15, -0.1) is 0 Å². The topological polar surface area (TPSA) is 68.0 Å². The lowest BCUT2D eigenvalue weighted by Crippen LogP contribution is -2.17. The lowest BCUT2D eigenvalue weighted by atomic mass is 9.97. The lowest BCUT2D eigenvalue weighted by Gasteiger charge is -2.16. The monoisotopic (exact) mass is 273 g/mol. The summed E-state index contributed by atoms with van der Waals surface area (Å²) in [7, 11) is 0. The Morgan fingerprint density at radius 2 is 1.90 bits per heavy atom. The van der Waals surface area contributed by atoms with Crippen molar-refractivity contribution in [3.8, 4) is 0 Å². The number of aromatic nitrogens is 3. The summed E-state index contributed by atoms with van der Waals surface area (Å²) in [5, 5.41) is 17.5. The van der Waals surface area contributed by atoms with Crippen molar-refractivity contribution in [3.63, 3.8) is 0 Å². The van der Waals surface area contributed by atoms with Crippen molar-refractivity contribution in [2.45, 2.75) is 33.7 Å². The molecule has 5 heteroatoms. The van der Waals surface area contributed by atoms with Crippen molar-refractivity contribution >= 4 is 5.97 Å². The number of aromatic carboxylic acids is 1. The van der Waals surface area contributed by atoms with Crippen LogP contribution in [0.4, 0.5) is 0 Å². The third kappa shape index (κ3) is 3.91. The normalized spacial score (nSPS) is 11.6. The van der Waals surface area contributed by atoms with Crippen molar-refractivity contribution in [1.29, 1.82) is 0 Å². The molecule has 1 heterocycles. The maximum absolute atomic E-state index is 10.8. The number of nitrogens with zero attached hydrogens (tertiary/aromatic N) is 3. The molecule has 2 rings (SSSR count). The highest BCUT2D eigenvalue weighted by Gasteiger charge is 2.13. The predicted octanol–water partition coefficient (Wildman–Crippen LogP) is 2.61. The fourth-order valence-corrected chi connectivity index (χ4v) is 1.89. The molecule has 20 heavy (non-hydrogen) atoms. The highest BCUT2D eigenvalue weighted by molar-refractivity contribution is 5.87. The first kappa shape index (κ1) is 14.2. The summed E-state index contributed by atoms with van der Waals surface area (Å²) in [6, 6.07) is 6.84. The van der Waals surface area contributed by atoms with E-state index in [0.717, 1.165) is 17.8 Å². The van der Waals surface area contributed by atoms with Gasteiger partial charge in [0.05, 0.1) is 24.0 Å². The Hall–Kier alpha value is -2.17. The largest absolute Gasteiger partial charge is 0.478 e. The minimum Gasteiger partial charge on any atom is -0.478 e. The van der Waals surface area contributed by atoms with Gasteiger partial charge < -0.3 is 5.11 Å². The van der Waals surface area contributed by atoms with Crippen LogP contribution < -0.4 is 0 Å². The SMILES string of the molecule is CC(C)(C)Cn1ncc(Cc2ccc(C(=O)O)cc2)n1. The van der Waals surface area contributed by atoms with Crippen LogP contribution in [0.1, 0.15) is 42.4 Å². The van der Waals surface area contributed by atoms with Crippen LogP contribution in [0.5, 0.6) is 0 Å². The molecular formula is C15H19N3O2. The predicted molar refractivity (Wildman–Crippen MR) is 75.7 cm³/mol. The van der Waals surface area contributed by atoms with Gasteiger partial charge in [-0.1, -0.05) is 32.9 Å². The molecule has 1 aromatic heterocycles. The number of carboxylic acid groups (broad SMARTS) is 1. The molecule has 0 amide bonds. The third-order valence-electron chi connectivity index (χ3n) is 2.79. The van der Waals surface area contributed by atoms with Crippen molar-refractivity contribution in [1.82, 2.24) is 15.0 Å². The highest BCUT2D eigenvalue weighted by Crippen LogP contribution is 2.15. The van der Waals surface area contributed by atoms with Crippen LogP contribution in [0.3, 0.4) is 0 Å². The zero-order chi connectivity index (χ0) is 14.8. The first-order valence-corrected chi connectivity index (χ1v) is 6.55. The Morgan fingerprint density at radius 1 is 1.25 bits per heavy atom. The van der Waals surface area contributed by atoms with Crippen LogP contribution in [-0.4, -0.2) is 26.1 Å². The highest BCUT2D eigenvalue weighted by atomic mass is 16.4. The van der Waals surface area contributed by atoms with E-state index in [2.05, 4.69) is 31.0 Å². The standard InChI is InChI=1S/C15H19N3O2/c1-15(2,3)10-18-16-9-13(17-18)8-11-4-6-12(7-5-11)14(19)20/h4-7,9H,8,10H2,1-3H3,(H,19,20). The molecule has 0 aliphatic carbocycles. The number of hydrogen-bond donors (Lipinski definition) is 1. The molecule has 0 unspecified atom stereocenters. The Balaban J connectivity index is 2.05. The van der Waals surface area contributed by atoms with Gasteiger partial charge in [0.25, 0.3) is 0 Å². The minimum absolute atomic E-state index is 0.138. The van der Waals surface area contributed by atoms with E-state index in [9.17, 15) is 4.79 Å². The van der Waals surface area contributed by atoms with E-state index in [4.69, 9.17) is 5.11 Å². The fourth-order valence-electron chi connectivity index (χ4n) is 1.89.